The van der Waals surface area contributed by atoms with Crippen LogP contribution >= 0.6 is 0 Å². The van der Waals surface area contributed by atoms with Gasteiger partial charge in [0.1, 0.15) is 17.2 Å². The molecule has 0 fully saturated rings. The standard InChI is InChI=1S/C20H25NO3/c1-4-7-15-12-20(24-3)16(13-19(15)23-2)10-11-21-14-17-8-5-6-9-18(17)22/h4-6,8-9,12-13,21-22H,1,7,10-11,14H2,2-3H3. The highest BCUT2D eigenvalue weighted by atomic mass is 16.5. The molecule has 2 N–H and O–H groups in total. The second-order valence-corrected chi connectivity index (χ2v) is 5.52. The number of nitrogens with one attached hydrogen (secondary N) is 1. The zero-order valence-electron chi connectivity index (χ0n) is 14.3. The fourth-order valence-corrected chi connectivity index (χ4v) is 2.64. The molecule has 0 bridgehead atoms. The molecular formula is C20H25NO3. The Hall–Kier alpha value is -2.46. The number of phenols is 1. The number of aromatic hydroxyl groups is 1. The molecule has 0 aromatic heterocycles. The summed E-state index contributed by atoms with van der Waals surface area (Å²) in [6.07, 6.45) is 3.40. The minimum Gasteiger partial charge on any atom is -0.508 e. The number of hydrogen-bond donors (Lipinski definition) is 2. The molecule has 0 atom stereocenters. The molecular weight excluding hydrogens is 302 g/mol. The number of rotatable bonds is 9. The zero-order chi connectivity index (χ0) is 17.4. The third-order valence-corrected chi connectivity index (χ3v) is 3.93. The largest absolute Gasteiger partial charge is 0.508 e. The molecule has 4 nitrogen and oxygen atoms in total. The van der Waals surface area contributed by atoms with Crippen LogP contribution in [-0.4, -0.2) is 25.9 Å². The third-order valence-electron chi connectivity index (χ3n) is 3.93. The molecule has 0 heterocycles. The van der Waals surface area contributed by atoms with Crippen LogP contribution in [0.15, 0.2) is 49.1 Å². The van der Waals surface area contributed by atoms with Gasteiger partial charge in [0.15, 0.2) is 0 Å². The highest BCUT2D eigenvalue weighted by Gasteiger charge is 2.10. The van der Waals surface area contributed by atoms with Gasteiger partial charge >= 0.3 is 0 Å². The summed E-state index contributed by atoms with van der Waals surface area (Å²) in [4.78, 5) is 0. The summed E-state index contributed by atoms with van der Waals surface area (Å²) in [6.45, 7) is 5.18. The van der Waals surface area contributed by atoms with Crippen molar-refractivity contribution in [2.24, 2.45) is 0 Å². The normalized spacial score (nSPS) is 10.4. The van der Waals surface area contributed by atoms with E-state index in [1.54, 1.807) is 20.3 Å². The summed E-state index contributed by atoms with van der Waals surface area (Å²) in [7, 11) is 3.35. The van der Waals surface area contributed by atoms with E-state index in [2.05, 4.69) is 11.9 Å². The first kappa shape index (κ1) is 17.9. The van der Waals surface area contributed by atoms with E-state index in [4.69, 9.17) is 9.47 Å². The predicted molar refractivity (Wildman–Crippen MR) is 97.0 cm³/mol. The van der Waals surface area contributed by atoms with Crippen molar-refractivity contribution in [2.75, 3.05) is 20.8 Å². The van der Waals surface area contributed by atoms with Gasteiger partial charge < -0.3 is 19.9 Å². The Morgan fingerprint density at radius 3 is 2.38 bits per heavy atom. The number of methoxy groups -OCH3 is 2. The Kier molecular flexibility index (Phi) is 6.70. The first-order valence-corrected chi connectivity index (χ1v) is 8.01. The van der Waals surface area contributed by atoms with Crippen LogP contribution in [0, 0.1) is 0 Å². The van der Waals surface area contributed by atoms with Gasteiger partial charge in [-0.15, -0.1) is 6.58 Å². The number of benzene rings is 2. The lowest BCUT2D eigenvalue weighted by atomic mass is 10.0. The van der Waals surface area contributed by atoms with E-state index >= 15 is 0 Å². The van der Waals surface area contributed by atoms with Gasteiger partial charge in [0.05, 0.1) is 14.2 Å². The highest BCUT2D eigenvalue weighted by molar-refractivity contribution is 5.47. The molecule has 4 heteroatoms. The maximum atomic E-state index is 9.77. The Morgan fingerprint density at radius 1 is 1.04 bits per heavy atom. The molecule has 128 valence electrons. The van der Waals surface area contributed by atoms with Gasteiger partial charge in [-0.2, -0.15) is 0 Å². The third kappa shape index (κ3) is 4.52. The van der Waals surface area contributed by atoms with Crippen LogP contribution < -0.4 is 14.8 Å². The summed E-state index contributed by atoms with van der Waals surface area (Å²) in [6, 6.07) is 11.4. The van der Waals surface area contributed by atoms with Crippen molar-refractivity contribution < 1.29 is 14.6 Å². The molecule has 0 aliphatic heterocycles. The van der Waals surface area contributed by atoms with Gasteiger partial charge in [0.2, 0.25) is 0 Å². The van der Waals surface area contributed by atoms with Crippen LogP contribution in [0.2, 0.25) is 0 Å². The lowest BCUT2D eigenvalue weighted by molar-refractivity contribution is 0.395. The molecule has 0 aliphatic carbocycles. The van der Waals surface area contributed by atoms with E-state index in [1.165, 1.54) is 0 Å². The summed E-state index contributed by atoms with van der Waals surface area (Å²) in [5.41, 5.74) is 3.05. The minimum absolute atomic E-state index is 0.318. The van der Waals surface area contributed by atoms with Gasteiger partial charge in [-0.1, -0.05) is 24.3 Å². The Balaban J connectivity index is 2.01. The fourth-order valence-electron chi connectivity index (χ4n) is 2.64. The average Bonchev–Trinajstić information content (AvgIpc) is 2.60. The molecule has 0 amide bonds. The molecule has 0 radical (unpaired) electrons. The van der Waals surface area contributed by atoms with Crippen LogP contribution in [0.3, 0.4) is 0 Å². The molecule has 2 aromatic rings. The molecule has 0 saturated carbocycles. The maximum absolute atomic E-state index is 9.77. The predicted octanol–water partition coefficient (Wildman–Crippen LogP) is 3.47. The van der Waals surface area contributed by atoms with Crippen LogP contribution in [0.5, 0.6) is 17.2 Å². The summed E-state index contributed by atoms with van der Waals surface area (Å²) in [5.74, 6) is 2.03. The lowest BCUT2D eigenvalue weighted by Gasteiger charge is -2.14. The Bertz CT molecular complexity index is 683. The number of allylic oxidation sites excluding steroid dienone is 1. The van der Waals surface area contributed by atoms with Gasteiger partial charge in [0.25, 0.3) is 0 Å². The Labute approximate surface area is 143 Å². The van der Waals surface area contributed by atoms with E-state index in [0.29, 0.717) is 12.3 Å². The van der Waals surface area contributed by atoms with Crippen molar-refractivity contribution in [3.8, 4) is 17.2 Å². The van der Waals surface area contributed by atoms with Crippen LogP contribution in [0.1, 0.15) is 16.7 Å². The first-order valence-electron chi connectivity index (χ1n) is 8.01. The topological polar surface area (TPSA) is 50.7 Å². The molecule has 2 rings (SSSR count). The van der Waals surface area contributed by atoms with Crippen molar-refractivity contribution >= 4 is 0 Å². The van der Waals surface area contributed by atoms with E-state index < -0.39 is 0 Å². The first-order chi connectivity index (χ1) is 11.7. The number of para-hydroxylation sites is 1. The number of ether oxygens (including phenoxy) is 2. The van der Waals surface area contributed by atoms with Crippen LogP contribution in [-0.2, 0) is 19.4 Å². The second kappa shape index (κ2) is 8.99. The van der Waals surface area contributed by atoms with Crippen molar-refractivity contribution in [3.63, 3.8) is 0 Å². The smallest absolute Gasteiger partial charge is 0.122 e. The van der Waals surface area contributed by atoms with Crippen molar-refractivity contribution in [3.05, 3.63) is 65.7 Å². The van der Waals surface area contributed by atoms with Crippen molar-refractivity contribution in [2.45, 2.75) is 19.4 Å². The van der Waals surface area contributed by atoms with E-state index in [9.17, 15) is 5.11 Å². The van der Waals surface area contributed by atoms with Gasteiger partial charge in [-0.3, -0.25) is 0 Å². The summed E-state index contributed by atoms with van der Waals surface area (Å²) in [5, 5.41) is 13.1. The van der Waals surface area contributed by atoms with E-state index in [1.807, 2.05) is 36.4 Å². The van der Waals surface area contributed by atoms with Crippen LogP contribution in [0.4, 0.5) is 0 Å². The fraction of sp³-hybridized carbons (Fsp3) is 0.300. The molecule has 0 spiro atoms. The molecule has 24 heavy (non-hydrogen) atoms. The SMILES string of the molecule is C=CCc1cc(OC)c(CCNCc2ccccc2O)cc1OC. The lowest BCUT2D eigenvalue weighted by Crippen LogP contribution is -2.17. The summed E-state index contributed by atoms with van der Waals surface area (Å²) >= 11 is 0. The maximum Gasteiger partial charge on any atom is 0.122 e. The highest BCUT2D eigenvalue weighted by Crippen LogP contribution is 2.29. The van der Waals surface area contributed by atoms with Crippen molar-refractivity contribution in [1.82, 2.24) is 5.32 Å². The van der Waals surface area contributed by atoms with Crippen LogP contribution in [0.25, 0.3) is 0 Å². The monoisotopic (exact) mass is 327 g/mol. The molecule has 0 saturated heterocycles. The molecule has 0 aliphatic rings. The molecule has 0 unspecified atom stereocenters. The second-order valence-electron chi connectivity index (χ2n) is 5.52. The summed E-state index contributed by atoms with van der Waals surface area (Å²) < 4.78 is 11.0. The zero-order valence-corrected chi connectivity index (χ0v) is 14.3. The Morgan fingerprint density at radius 2 is 1.71 bits per heavy atom. The number of hydrogen-bond acceptors (Lipinski definition) is 4. The minimum atomic E-state index is 0.318. The average molecular weight is 327 g/mol. The van der Waals surface area contributed by atoms with Crippen molar-refractivity contribution in [1.29, 1.82) is 0 Å². The van der Waals surface area contributed by atoms with Gasteiger partial charge in [0, 0.05) is 17.7 Å². The number of phenolic OH excluding ortho intramolecular Hbond substituents is 1. The van der Waals surface area contributed by atoms with Gasteiger partial charge in [-0.05, 0) is 43.1 Å². The quantitative estimate of drug-likeness (QED) is 0.547. The van der Waals surface area contributed by atoms with E-state index in [-0.39, 0.29) is 0 Å². The molecule has 2 aromatic carbocycles. The van der Waals surface area contributed by atoms with Gasteiger partial charge in [-0.25, -0.2) is 0 Å². The van der Waals surface area contributed by atoms with E-state index in [0.717, 1.165) is 47.6 Å².